The fourth-order valence-electron chi connectivity index (χ4n) is 3.12. The Morgan fingerprint density at radius 2 is 1.81 bits per heavy atom. The van der Waals surface area contributed by atoms with Crippen LogP contribution in [0.15, 0.2) is 73.2 Å². The van der Waals surface area contributed by atoms with Gasteiger partial charge in [0.2, 0.25) is 0 Å². The number of aromatic nitrogens is 3. The van der Waals surface area contributed by atoms with Crippen LogP contribution in [0.25, 0.3) is 16.9 Å². The van der Waals surface area contributed by atoms with Gasteiger partial charge in [-0.15, -0.1) is 0 Å². The van der Waals surface area contributed by atoms with E-state index in [1.165, 1.54) is 14.2 Å². The van der Waals surface area contributed by atoms with Gasteiger partial charge in [-0.05, 0) is 24.3 Å². The lowest BCUT2D eigenvalue weighted by molar-refractivity contribution is 0.102. The summed E-state index contributed by atoms with van der Waals surface area (Å²) in [5.41, 5.74) is 2.88. The number of ether oxygens (including phenoxy) is 2. The van der Waals surface area contributed by atoms with Gasteiger partial charge in [-0.3, -0.25) is 9.78 Å². The Morgan fingerprint density at radius 3 is 2.48 bits per heavy atom. The second-order valence-electron chi connectivity index (χ2n) is 6.55. The molecule has 0 aliphatic heterocycles. The lowest BCUT2D eigenvalue weighted by Gasteiger charge is -2.13. The molecule has 31 heavy (non-hydrogen) atoms. The zero-order valence-corrected chi connectivity index (χ0v) is 17.6. The van der Waals surface area contributed by atoms with Crippen LogP contribution in [0.5, 0.6) is 11.5 Å². The fraction of sp³-hybridized carbons (Fsp3) is 0.0870. The van der Waals surface area contributed by atoms with Crippen LogP contribution in [0.2, 0.25) is 5.02 Å². The van der Waals surface area contributed by atoms with Crippen molar-refractivity contribution in [2.45, 2.75) is 0 Å². The molecule has 0 fully saturated rings. The summed E-state index contributed by atoms with van der Waals surface area (Å²) in [5.74, 6) is 0.478. The van der Waals surface area contributed by atoms with Gasteiger partial charge in [0, 0.05) is 36.3 Å². The van der Waals surface area contributed by atoms with Gasteiger partial charge >= 0.3 is 0 Å². The second kappa shape index (κ2) is 8.89. The van der Waals surface area contributed by atoms with Crippen LogP contribution in [-0.4, -0.2) is 34.9 Å². The Labute approximate surface area is 184 Å². The van der Waals surface area contributed by atoms with E-state index < -0.39 is 0 Å². The molecule has 4 aromatic rings. The molecule has 2 aromatic heterocycles. The van der Waals surface area contributed by atoms with E-state index in [0.717, 1.165) is 11.3 Å². The SMILES string of the molecule is COc1cc(NC(=O)c2cn(-c3ccccc3)nc2-c2cccnc2)c(OC)cc1Cl. The molecular weight excluding hydrogens is 416 g/mol. The Balaban J connectivity index is 1.77. The normalized spacial score (nSPS) is 10.5. The number of halogens is 1. The smallest absolute Gasteiger partial charge is 0.259 e. The Morgan fingerprint density at radius 1 is 1.03 bits per heavy atom. The Hall–Kier alpha value is -3.84. The predicted octanol–water partition coefficient (Wildman–Crippen LogP) is 4.86. The maximum atomic E-state index is 13.3. The van der Waals surface area contributed by atoms with E-state index in [1.54, 1.807) is 41.5 Å². The van der Waals surface area contributed by atoms with Crippen molar-refractivity contribution >= 4 is 23.2 Å². The van der Waals surface area contributed by atoms with E-state index >= 15 is 0 Å². The first-order valence-electron chi connectivity index (χ1n) is 9.39. The van der Waals surface area contributed by atoms with Crippen molar-refractivity contribution < 1.29 is 14.3 Å². The molecule has 0 saturated heterocycles. The van der Waals surface area contributed by atoms with Gasteiger partial charge in [-0.1, -0.05) is 29.8 Å². The minimum Gasteiger partial charge on any atom is -0.495 e. The van der Waals surface area contributed by atoms with Gasteiger partial charge in [0.15, 0.2) is 0 Å². The van der Waals surface area contributed by atoms with Crippen LogP contribution >= 0.6 is 11.6 Å². The number of nitrogens with zero attached hydrogens (tertiary/aromatic N) is 3. The van der Waals surface area contributed by atoms with Gasteiger partial charge in [-0.25, -0.2) is 4.68 Å². The third-order valence-corrected chi connectivity index (χ3v) is 4.93. The van der Waals surface area contributed by atoms with Crippen LogP contribution in [0.1, 0.15) is 10.4 Å². The number of anilines is 1. The number of hydrogen-bond acceptors (Lipinski definition) is 5. The molecule has 4 rings (SSSR count). The zero-order chi connectivity index (χ0) is 21.8. The number of hydrogen-bond donors (Lipinski definition) is 1. The Bertz CT molecular complexity index is 1210. The molecule has 7 nitrogen and oxygen atoms in total. The maximum absolute atomic E-state index is 13.3. The van der Waals surface area contributed by atoms with Crippen LogP contribution in [-0.2, 0) is 0 Å². The summed E-state index contributed by atoms with van der Waals surface area (Å²) in [6.45, 7) is 0. The number of carbonyl (C=O) groups excluding carboxylic acids is 1. The first-order valence-corrected chi connectivity index (χ1v) is 9.77. The van der Waals surface area contributed by atoms with Gasteiger partial charge in [-0.2, -0.15) is 5.10 Å². The molecule has 0 bridgehead atoms. The molecule has 0 aliphatic rings. The number of para-hydroxylation sites is 1. The highest BCUT2D eigenvalue weighted by atomic mass is 35.5. The maximum Gasteiger partial charge on any atom is 0.259 e. The molecule has 0 saturated carbocycles. The third kappa shape index (κ3) is 4.22. The van der Waals surface area contributed by atoms with Gasteiger partial charge < -0.3 is 14.8 Å². The summed E-state index contributed by atoms with van der Waals surface area (Å²) < 4.78 is 12.3. The number of benzene rings is 2. The number of nitrogens with one attached hydrogen (secondary N) is 1. The van der Waals surface area contributed by atoms with Crippen molar-refractivity contribution in [1.29, 1.82) is 0 Å². The highest BCUT2D eigenvalue weighted by Crippen LogP contribution is 2.36. The average Bonchev–Trinajstić information content (AvgIpc) is 3.27. The van der Waals surface area contributed by atoms with E-state index in [9.17, 15) is 4.79 Å². The van der Waals surface area contributed by atoms with E-state index in [2.05, 4.69) is 15.4 Å². The molecule has 0 atom stereocenters. The minimum atomic E-state index is -0.358. The summed E-state index contributed by atoms with van der Waals surface area (Å²) in [5, 5.41) is 7.90. The quantitative estimate of drug-likeness (QED) is 0.469. The lowest BCUT2D eigenvalue weighted by Crippen LogP contribution is -2.13. The number of amides is 1. The lowest BCUT2D eigenvalue weighted by atomic mass is 10.1. The summed E-state index contributed by atoms with van der Waals surface area (Å²) in [7, 11) is 3.01. The number of methoxy groups -OCH3 is 2. The zero-order valence-electron chi connectivity index (χ0n) is 16.9. The Kier molecular flexibility index (Phi) is 5.86. The van der Waals surface area contributed by atoms with Gasteiger partial charge in [0.25, 0.3) is 5.91 Å². The molecule has 2 aromatic carbocycles. The topological polar surface area (TPSA) is 78.3 Å². The third-order valence-electron chi connectivity index (χ3n) is 4.64. The van der Waals surface area contributed by atoms with Crippen molar-refractivity contribution in [3.63, 3.8) is 0 Å². The van der Waals surface area contributed by atoms with E-state index in [4.69, 9.17) is 21.1 Å². The second-order valence-corrected chi connectivity index (χ2v) is 6.96. The molecule has 1 amide bonds. The molecule has 0 spiro atoms. The molecule has 8 heteroatoms. The number of rotatable bonds is 6. The van der Waals surface area contributed by atoms with Crippen molar-refractivity contribution in [3.05, 3.63) is 83.8 Å². The summed E-state index contributed by atoms with van der Waals surface area (Å²) in [4.78, 5) is 17.4. The predicted molar refractivity (Wildman–Crippen MR) is 119 cm³/mol. The first-order chi connectivity index (χ1) is 15.1. The van der Waals surface area contributed by atoms with Crippen LogP contribution < -0.4 is 14.8 Å². The molecule has 0 radical (unpaired) electrons. The minimum absolute atomic E-state index is 0.358. The number of pyridine rings is 1. The van der Waals surface area contributed by atoms with Crippen molar-refractivity contribution in [1.82, 2.24) is 14.8 Å². The van der Waals surface area contributed by atoms with Crippen molar-refractivity contribution in [2.24, 2.45) is 0 Å². The van der Waals surface area contributed by atoms with E-state index in [1.807, 2.05) is 36.4 Å². The molecule has 1 N–H and O–H groups in total. The monoisotopic (exact) mass is 434 g/mol. The van der Waals surface area contributed by atoms with Gasteiger partial charge in [0.05, 0.1) is 36.2 Å². The molecular formula is C23H19ClN4O3. The molecule has 156 valence electrons. The molecule has 0 unspecified atom stereocenters. The van der Waals surface area contributed by atoms with Crippen molar-refractivity contribution in [2.75, 3.05) is 19.5 Å². The standard InChI is InChI=1S/C23H19ClN4O3/c1-30-20-12-19(21(31-2)11-18(20)24)26-23(29)17-14-28(16-8-4-3-5-9-16)27-22(17)15-7-6-10-25-13-15/h3-14H,1-2H3,(H,26,29). The highest BCUT2D eigenvalue weighted by molar-refractivity contribution is 6.32. The average molecular weight is 435 g/mol. The first kappa shape index (κ1) is 20.4. The van der Waals surface area contributed by atoms with E-state index in [0.29, 0.717) is 33.5 Å². The summed E-state index contributed by atoms with van der Waals surface area (Å²) >= 11 is 6.17. The summed E-state index contributed by atoms with van der Waals surface area (Å²) in [6.07, 6.45) is 5.02. The fourth-order valence-corrected chi connectivity index (χ4v) is 3.35. The molecule has 2 heterocycles. The highest BCUT2D eigenvalue weighted by Gasteiger charge is 2.21. The molecule has 0 aliphatic carbocycles. The van der Waals surface area contributed by atoms with E-state index in [-0.39, 0.29) is 5.91 Å². The van der Waals surface area contributed by atoms with Crippen LogP contribution in [0.4, 0.5) is 5.69 Å². The van der Waals surface area contributed by atoms with Gasteiger partial charge in [0.1, 0.15) is 17.2 Å². The van der Waals surface area contributed by atoms with Crippen molar-refractivity contribution in [3.8, 4) is 28.4 Å². The largest absolute Gasteiger partial charge is 0.495 e. The number of carbonyl (C=O) groups is 1. The van der Waals surface area contributed by atoms with Crippen LogP contribution in [0.3, 0.4) is 0 Å². The summed E-state index contributed by atoms with van der Waals surface area (Å²) in [6, 6.07) is 16.4. The van der Waals surface area contributed by atoms with Crippen LogP contribution in [0, 0.1) is 0 Å².